The van der Waals surface area contributed by atoms with Crippen molar-refractivity contribution in [2.75, 3.05) is 18.5 Å². The van der Waals surface area contributed by atoms with E-state index in [1.54, 1.807) is 6.20 Å². The van der Waals surface area contributed by atoms with Gasteiger partial charge in [0.25, 0.3) is 0 Å². The van der Waals surface area contributed by atoms with Crippen LogP contribution in [0.2, 0.25) is 0 Å². The minimum Gasteiger partial charge on any atom is -0.372 e. The molecule has 3 nitrogen and oxygen atoms in total. The van der Waals surface area contributed by atoms with Crippen LogP contribution in [0.25, 0.3) is 5.03 Å². The van der Waals surface area contributed by atoms with Crippen LogP contribution in [-0.2, 0) is 4.79 Å². The van der Waals surface area contributed by atoms with E-state index in [9.17, 15) is 4.79 Å². The molecular formula is C11H11ClN2O. The number of halogens is 1. The fraction of sp³-hybridized carbons (Fsp3) is 0.273. The highest BCUT2D eigenvalue weighted by atomic mass is 35.5. The van der Waals surface area contributed by atoms with Crippen molar-refractivity contribution in [2.45, 2.75) is 6.42 Å². The molecule has 2 rings (SSSR count). The van der Waals surface area contributed by atoms with Crippen LogP contribution in [0.4, 0.5) is 5.69 Å². The Morgan fingerprint density at radius 2 is 2.40 bits per heavy atom. The van der Waals surface area contributed by atoms with Crippen LogP contribution >= 0.6 is 11.6 Å². The van der Waals surface area contributed by atoms with E-state index in [2.05, 4.69) is 9.88 Å². The Hall–Kier alpha value is -1.35. The number of rotatable bonds is 1. The molecule has 0 atom stereocenters. The van der Waals surface area contributed by atoms with E-state index in [0.717, 1.165) is 18.5 Å². The minimum absolute atomic E-state index is 0.477. The number of hydrogen-bond donors (Lipinski definition) is 0. The lowest BCUT2D eigenvalue weighted by Gasteiger charge is -2.18. The largest absolute Gasteiger partial charge is 0.372 e. The van der Waals surface area contributed by atoms with Crippen LogP contribution in [0.15, 0.2) is 23.9 Å². The zero-order valence-electron chi connectivity index (χ0n) is 8.40. The Bertz CT molecular complexity index is 428. The van der Waals surface area contributed by atoms with E-state index in [1.165, 1.54) is 0 Å². The summed E-state index contributed by atoms with van der Waals surface area (Å²) in [6, 6.07) is 3.82. The summed E-state index contributed by atoms with van der Waals surface area (Å²) in [6.07, 6.45) is 3.16. The molecule has 0 aliphatic carbocycles. The molecule has 0 spiro atoms. The van der Waals surface area contributed by atoms with Crippen LogP contribution in [0.3, 0.4) is 0 Å². The second-order valence-electron chi connectivity index (χ2n) is 3.50. The smallest absolute Gasteiger partial charge is 0.147 e. The molecule has 0 aromatic carbocycles. The summed E-state index contributed by atoms with van der Waals surface area (Å²) in [5.41, 5.74) is 2.29. The predicted molar refractivity (Wildman–Crippen MR) is 61.0 cm³/mol. The van der Waals surface area contributed by atoms with E-state index in [-0.39, 0.29) is 0 Å². The van der Waals surface area contributed by atoms with Gasteiger partial charge < -0.3 is 4.90 Å². The third-order valence-electron chi connectivity index (χ3n) is 2.55. The molecule has 0 amide bonds. The first-order valence-electron chi connectivity index (χ1n) is 4.74. The molecule has 4 heteroatoms. The molecule has 1 aliphatic rings. The van der Waals surface area contributed by atoms with Crippen molar-refractivity contribution in [3.63, 3.8) is 0 Å². The number of nitrogens with zero attached hydrogens (tertiary/aromatic N) is 2. The fourth-order valence-corrected chi connectivity index (χ4v) is 1.94. The number of fused-ring (bicyclic) bond motifs is 1. The summed E-state index contributed by atoms with van der Waals surface area (Å²) in [6.45, 7) is 0.781. The van der Waals surface area contributed by atoms with Crippen molar-refractivity contribution in [1.82, 2.24) is 4.98 Å². The van der Waals surface area contributed by atoms with Gasteiger partial charge in [-0.2, -0.15) is 0 Å². The molecule has 0 N–H and O–H groups in total. The highest BCUT2D eigenvalue weighted by Crippen LogP contribution is 2.32. The van der Waals surface area contributed by atoms with Gasteiger partial charge >= 0.3 is 0 Å². The summed E-state index contributed by atoms with van der Waals surface area (Å²) >= 11 is 6.14. The third kappa shape index (κ3) is 1.75. The number of aromatic nitrogens is 1. The molecule has 1 aromatic rings. The lowest BCUT2D eigenvalue weighted by molar-refractivity contribution is -0.104. The zero-order valence-corrected chi connectivity index (χ0v) is 9.16. The summed E-state index contributed by atoms with van der Waals surface area (Å²) < 4.78 is 0. The molecule has 1 aromatic heterocycles. The van der Waals surface area contributed by atoms with Gasteiger partial charge in [-0.25, -0.2) is 0 Å². The van der Waals surface area contributed by atoms with Crippen LogP contribution in [0.1, 0.15) is 12.1 Å². The number of anilines is 1. The van der Waals surface area contributed by atoms with Gasteiger partial charge in [0.15, 0.2) is 0 Å². The fourth-order valence-electron chi connectivity index (χ4n) is 1.66. The molecule has 78 valence electrons. The molecule has 15 heavy (non-hydrogen) atoms. The first-order valence-corrected chi connectivity index (χ1v) is 5.12. The SMILES string of the molecule is CN1CCC(C=O)=C(Cl)c2ncccc21. The third-order valence-corrected chi connectivity index (χ3v) is 2.97. The van der Waals surface area contributed by atoms with Gasteiger partial charge in [0.05, 0.1) is 10.7 Å². The minimum atomic E-state index is 0.477. The first-order chi connectivity index (χ1) is 7.24. The Kier molecular flexibility index (Phi) is 2.73. The maximum atomic E-state index is 10.9. The quantitative estimate of drug-likeness (QED) is 0.682. The summed E-state index contributed by atoms with van der Waals surface area (Å²) in [4.78, 5) is 17.1. The number of carbonyl (C=O) groups is 1. The molecule has 2 heterocycles. The van der Waals surface area contributed by atoms with E-state index in [4.69, 9.17) is 11.6 Å². The second kappa shape index (κ2) is 4.03. The number of pyridine rings is 1. The normalized spacial score (nSPS) is 16.0. The van der Waals surface area contributed by atoms with Crippen molar-refractivity contribution >= 4 is 28.6 Å². The number of aldehydes is 1. The van der Waals surface area contributed by atoms with Gasteiger partial charge in [-0.3, -0.25) is 9.78 Å². The molecule has 0 radical (unpaired) electrons. The molecule has 0 saturated heterocycles. The number of carbonyl (C=O) groups excluding carboxylic acids is 1. The predicted octanol–water partition coefficient (Wildman–Crippen LogP) is 2.07. The average Bonchev–Trinajstić information content (AvgIpc) is 2.39. The maximum absolute atomic E-state index is 10.9. The molecular weight excluding hydrogens is 212 g/mol. The highest BCUT2D eigenvalue weighted by molar-refractivity contribution is 6.50. The molecule has 1 aliphatic heterocycles. The molecule has 0 fully saturated rings. The molecule has 0 bridgehead atoms. The Labute approximate surface area is 93.4 Å². The lowest BCUT2D eigenvalue weighted by atomic mass is 10.2. The summed E-state index contributed by atoms with van der Waals surface area (Å²) in [5, 5.41) is 0.477. The Morgan fingerprint density at radius 3 is 3.13 bits per heavy atom. The standard InChI is InChI=1S/C11H11ClN2O/c1-14-6-4-8(7-15)10(12)11-9(14)3-2-5-13-11/h2-3,5,7H,4,6H2,1H3. The first kappa shape index (κ1) is 10.2. The van der Waals surface area contributed by atoms with Crippen molar-refractivity contribution in [2.24, 2.45) is 0 Å². The zero-order chi connectivity index (χ0) is 10.8. The van der Waals surface area contributed by atoms with Crippen LogP contribution < -0.4 is 4.90 Å². The van der Waals surface area contributed by atoms with Crippen molar-refractivity contribution in [3.05, 3.63) is 29.6 Å². The van der Waals surface area contributed by atoms with E-state index in [1.807, 2.05) is 19.2 Å². The summed E-state index contributed by atoms with van der Waals surface area (Å²) in [7, 11) is 1.97. The van der Waals surface area contributed by atoms with Gasteiger partial charge in [-0.1, -0.05) is 11.6 Å². The van der Waals surface area contributed by atoms with E-state index in [0.29, 0.717) is 22.7 Å². The monoisotopic (exact) mass is 222 g/mol. The van der Waals surface area contributed by atoms with Crippen molar-refractivity contribution < 1.29 is 4.79 Å². The average molecular weight is 223 g/mol. The van der Waals surface area contributed by atoms with Gasteiger partial charge in [0.1, 0.15) is 12.0 Å². The summed E-state index contributed by atoms with van der Waals surface area (Å²) in [5.74, 6) is 0. The van der Waals surface area contributed by atoms with Gasteiger partial charge in [0, 0.05) is 25.4 Å². The van der Waals surface area contributed by atoms with Gasteiger partial charge in [-0.15, -0.1) is 0 Å². The Morgan fingerprint density at radius 1 is 1.60 bits per heavy atom. The van der Waals surface area contributed by atoms with Gasteiger partial charge in [-0.05, 0) is 18.6 Å². The number of hydrogen-bond acceptors (Lipinski definition) is 3. The van der Waals surface area contributed by atoms with Crippen molar-refractivity contribution in [1.29, 1.82) is 0 Å². The van der Waals surface area contributed by atoms with Crippen LogP contribution in [0.5, 0.6) is 0 Å². The topological polar surface area (TPSA) is 33.2 Å². The Balaban J connectivity index is 2.61. The van der Waals surface area contributed by atoms with E-state index < -0.39 is 0 Å². The van der Waals surface area contributed by atoms with Crippen LogP contribution in [-0.4, -0.2) is 24.9 Å². The van der Waals surface area contributed by atoms with Crippen LogP contribution in [0, 0.1) is 0 Å². The lowest BCUT2D eigenvalue weighted by Crippen LogP contribution is -2.18. The second-order valence-corrected chi connectivity index (χ2v) is 3.88. The van der Waals surface area contributed by atoms with Gasteiger partial charge in [0.2, 0.25) is 0 Å². The molecule has 0 unspecified atom stereocenters. The van der Waals surface area contributed by atoms with Crippen molar-refractivity contribution in [3.8, 4) is 0 Å². The molecule has 0 saturated carbocycles. The maximum Gasteiger partial charge on any atom is 0.147 e. The highest BCUT2D eigenvalue weighted by Gasteiger charge is 2.18. The van der Waals surface area contributed by atoms with E-state index >= 15 is 0 Å².